The first-order valence-corrected chi connectivity index (χ1v) is 7.08. The van der Waals surface area contributed by atoms with Gasteiger partial charge in [0, 0.05) is 30.7 Å². The first-order valence-electron chi connectivity index (χ1n) is 7.08. The summed E-state index contributed by atoms with van der Waals surface area (Å²) in [6, 6.07) is 4.90. The average molecular weight is 245 g/mol. The molecule has 3 heterocycles. The molecule has 0 amide bonds. The second-order valence-electron chi connectivity index (χ2n) is 6.20. The van der Waals surface area contributed by atoms with Gasteiger partial charge in [-0.15, -0.1) is 0 Å². The number of hydrogen-bond acceptors (Lipinski definition) is 3. The summed E-state index contributed by atoms with van der Waals surface area (Å²) in [6.07, 6.45) is 6.56. The fourth-order valence-electron chi connectivity index (χ4n) is 3.32. The van der Waals surface area contributed by atoms with Gasteiger partial charge in [-0.2, -0.15) is 0 Å². The fourth-order valence-corrected chi connectivity index (χ4v) is 3.32. The lowest BCUT2D eigenvalue weighted by atomic mass is 9.71. The van der Waals surface area contributed by atoms with Gasteiger partial charge in [0.2, 0.25) is 0 Å². The van der Waals surface area contributed by atoms with Crippen molar-refractivity contribution in [3.63, 3.8) is 0 Å². The molecule has 0 unspecified atom stereocenters. The van der Waals surface area contributed by atoms with Gasteiger partial charge in [-0.05, 0) is 51.9 Å². The smallest absolute Gasteiger partial charge is 0.0553 e. The summed E-state index contributed by atoms with van der Waals surface area (Å²) >= 11 is 0. The van der Waals surface area contributed by atoms with E-state index in [-0.39, 0.29) is 0 Å². The highest BCUT2D eigenvalue weighted by Crippen LogP contribution is 2.42. The van der Waals surface area contributed by atoms with E-state index >= 15 is 0 Å². The molecule has 18 heavy (non-hydrogen) atoms. The van der Waals surface area contributed by atoms with E-state index in [4.69, 9.17) is 0 Å². The minimum Gasteiger partial charge on any atom is -0.369 e. The first-order chi connectivity index (χ1) is 8.69. The molecule has 3 nitrogen and oxygen atoms in total. The Hall–Kier alpha value is -1.09. The molecule has 0 bridgehead atoms. The second kappa shape index (κ2) is 4.54. The molecule has 0 radical (unpaired) electrons. The maximum atomic E-state index is 4.21. The van der Waals surface area contributed by atoms with Crippen LogP contribution in [0.3, 0.4) is 0 Å². The van der Waals surface area contributed by atoms with E-state index in [0.29, 0.717) is 11.5 Å². The van der Waals surface area contributed by atoms with E-state index in [1.54, 1.807) is 0 Å². The van der Waals surface area contributed by atoms with Gasteiger partial charge in [0.25, 0.3) is 0 Å². The highest BCUT2D eigenvalue weighted by atomic mass is 15.2. The fraction of sp³-hybridized carbons (Fsp3) is 0.667. The van der Waals surface area contributed by atoms with Gasteiger partial charge >= 0.3 is 0 Å². The van der Waals surface area contributed by atoms with Crippen molar-refractivity contribution in [3.8, 4) is 0 Å². The van der Waals surface area contributed by atoms with Crippen molar-refractivity contribution in [1.29, 1.82) is 0 Å². The van der Waals surface area contributed by atoms with E-state index in [2.05, 4.69) is 34.7 Å². The summed E-state index contributed by atoms with van der Waals surface area (Å²) < 4.78 is 0. The summed E-state index contributed by atoms with van der Waals surface area (Å²) in [6.45, 7) is 9.62. The minimum absolute atomic E-state index is 0.598. The van der Waals surface area contributed by atoms with Gasteiger partial charge in [-0.3, -0.25) is 4.98 Å². The largest absolute Gasteiger partial charge is 0.369 e. The minimum atomic E-state index is 0.598. The molecule has 2 aliphatic rings. The van der Waals surface area contributed by atoms with Gasteiger partial charge in [0.1, 0.15) is 0 Å². The molecule has 3 heteroatoms. The average Bonchev–Trinajstić information content (AvgIpc) is 2.37. The van der Waals surface area contributed by atoms with Crippen LogP contribution in [0, 0.1) is 5.41 Å². The van der Waals surface area contributed by atoms with Crippen molar-refractivity contribution in [2.45, 2.75) is 32.7 Å². The summed E-state index contributed by atoms with van der Waals surface area (Å²) in [5.74, 6) is 0. The molecule has 2 fully saturated rings. The Morgan fingerprint density at radius 1 is 1.22 bits per heavy atom. The molecule has 98 valence electrons. The van der Waals surface area contributed by atoms with Crippen molar-refractivity contribution in [2.75, 3.05) is 31.1 Å². The maximum absolute atomic E-state index is 4.21. The number of nitrogens with zero attached hydrogens (tertiary/aromatic N) is 3. The van der Waals surface area contributed by atoms with E-state index in [9.17, 15) is 0 Å². The van der Waals surface area contributed by atoms with Gasteiger partial charge in [0.05, 0.1) is 11.9 Å². The Kier molecular flexibility index (Phi) is 3.02. The predicted octanol–water partition coefficient (Wildman–Crippen LogP) is 2.39. The van der Waals surface area contributed by atoms with Crippen LogP contribution >= 0.6 is 0 Å². The standard InChI is InChI=1S/C15H23N3/c1-13(2)17-8-5-15(6-9-17)11-18(12-15)14-4-3-7-16-10-14/h3-4,7,10,13H,5-6,8-9,11-12H2,1-2H3. The van der Waals surface area contributed by atoms with Gasteiger partial charge in [-0.1, -0.05) is 0 Å². The van der Waals surface area contributed by atoms with Crippen LogP contribution in [0.25, 0.3) is 0 Å². The Labute approximate surface area is 110 Å². The number of anilines is 1. The molecule has 0 aliphatic carbocycles. The Morgan fingerprint density at radius 3 is 2.50 bits per heavy atom. The summed E-state index contributed by atoms with van der Waals surface area (Å²) in [7, 11) is 0. The highest BCUT2D eigenvalue weighted by Gasteiger charge is 2.45. The number of likely N-dealkylation sites (tertiary alicyclic amines) is 1. The molecular formula is C15H23N3. The third-order valence-corrected chi connectivity index (χ3v) is 4.65. The summed E-state index contributed by atoms with van der Waals surface area (Å²) in [5.41, 5.74) is 1.88. The van der Waals surface area contributed by atoms with E-state index in [0.717, 1.165) is 0 Å². The van der Waals surface area contributed by atoms with Crippen molar-refractivity contribution >= 4 is 5.69 Å². The van der Waals surface area contributed by atoms with Crippen LogP contribution < -0.4 is 4.90 Å². The topological polar surface area (TPSA) is 19.4 Å². The van der Waals surface area contributed by atoms with E-state index in [1.165, 1.54) is 44.7 Å². The number of hydrogen-bond donors (Lipinski definition) is 0. The third kappa shape index (κ3) is 2.12. The van der Waals surface area contributed by atoms with Crippen molar-refractivity contribution in [3.05, 3.63) is 24.5 Å². The van der Waals surface area contributed by atoms with Crippen molar-refractivity contribution in [1.82, 2.24) is 9.88 Å². The molecule has 1 aromatic rings. The molecule has 0 saturated carbocycles. The van der Waals surface area contributed by atoms with Crippen LogP contribution in [-0.2, 0) is 0 Å². The van der Waals surface area contributed by atoms with Crippen LogP contribution in [-0.4, -0.2) is 42.1 Å². The van der Waals surface area contributed by atoms with Gasteiger partial charge in [-0.25, -0.2) is 0 Å². The normalized spacial score (nSPS) is 23.4. The number of piperidine rings is 1. The third-order valence-electron chi connectivity index (χ3n) is 4.65. The lowest BCUT2D eigenvalue weighted by molar-refractivity contribution is 0.0601. The van der Waals surface area contributed by atoms with Crippen LogP contribution in [0.5, 0.6) is 0 Å². The van der Waals surface area contributed by atoms with E-state index in [1.807, 2.05) is 18.5 Å². The molecule has 2 saturated heterocycles. The molecule has 1 spiro atoms. The maximum Gasteiger partial charge on any atom is 0.0553 e. The van der Waals surface area contributed by atoms with Crippen molar-refractivity contribution in [2.24, 2.45) is 5.41 Å². The monoisotopic (exact) mass is 245 g/mol. The quantitative estimate of drug-likeness (QED) is 0.797. The SMILES string of the molecule is CC(C)N1CCC2(CC1)CN(c1cccnc1)C2. The zero-order valence-electron chi connectivity index (χ0n) is 11.5. The Balaban J connectivity index is 1.56. The Bertz CT molecular complexity index is 385. The summed E-state index contributed by atoms with van der Waals surface area (Å²) in [5, 5.41) is 0. The molecule has 0 N–H and O–H groups in total. The predicted molar refractivity (Wildman–Crippen MR) is 74.8 cm³/mol. The molecule has 1 aromatic heterocycles. The second-order valence-corrected chi connectivity index (χ2v) is 6.20. The number of aromatic nitrogens is 1. The van der Waals surface area contributed by atoms with Crippen LogP contribution in [0.15, 0.2) is 24.5 Å². The van der Waals surface area contributed by atoms with Gasteiger partial charge in [0.15, 0.2) is 0 Å². The van der Waals surface area contributed by atoms with Crippen LogP contribution in [0.2, 0.25) is 0 Å². The lowest BCUT2D eigenvalue weighted by Crippen LogP contribution is -2.61. The zero-order valence-corrected chi connectivity index (χ0v) is 11.5. The molecule has 0 aromatic carbocycles. The molecule has 2 aliphatic heterocycles. The highest BCUT2D eigenvalue weighted by molar-refractivity contribution is 5.47. The molecule has 0 atom stereocenters. The van der Waals surface area contributed by atoms with Crippen LogP contribution in [0.1, 0.15) is 26.7 Å². The zero-order chi connectivity index (χ0) is 12.6. The summed E-state index contributed by atoms with van der Waals surface area (Å²) in [4.78, 5) is 9.29. The Morgan fingerprint density at radius 2 is 1.94 bits per heavy atom. The lowest BCUT2D eigenvalue weighted by Gasteiger charge is -2.55. The van der Waals surface area contributed by atoms with Crippen LogP contribution in [0.4, 0.5) is 5.69 Å². The molecular weight excluding hydrogens is 222 g/mol. The number of pyridine rings is 1. The first kappa shape index (κ1) is 12.0. The van der Waals surface area contributed by atoms with Gasteiger partial charge < -0.3 is 9.80 Å². The van der Waals surface area contributed by atoms with E-state index < -0.39 is 0 Å². The number of rotatable bonds is 2. The van der Waals surface area contributed by atoms with Crippen molar-refractivity contribution < 1.29 is 0 Å². The molecule has 3 rings (SSSR count).